The van der Waals surface area contributed by atoms with Crippen molar-refractivity contribution in [3.63, 3.8) is 0 Å². The molecule has 10 heteroatoms. The number of sulfonamides is 1. The topological polar surface area (TPSA) is 104 Å². The van der Waals surface area contributed by atoms with Crippen LogP contribution in [0.5, 0.6) is 0 Å². The van der Waals surface area contributed by atoms with Gasteiger partial charge in [0, 0.05) is 44.0 Å². The van der Waals surface area contributed by atoms with E-state index < -0.39 is 15.8 Å². The number of benzene rings is 2. The first kappa shape index (κ1) is 22.2. The highest BCUT2D eigenvalue weighted by atomic mass is 32.2. The van der Waals surface area contributed by atoms with E-state index in [0.29, 0.717) is 50.4 Å². The van der Waals surface area contributed by atoms with Crippen LogP contribution < -0.4 is 14.9 Å². The highest BCUT2D eigenvalue weighted by Crippen LogP contribution is 2.30. The van der Waals surface area contributed by atoms with Crippen LogP contribution in [-0.2, 0) is 21.2 Å². The fourth-order valence-electron chi connectivity index (χ4n) is 4.23. The Kier molecular flexibility index (Phi) is 5.91. The number of amides is 1. The second kappa shape index (κ2) is 8.51. The summed E-state index contributed by atoms with van der Waals surface area (Å²) >= 11 is 0. The van der Waals surface area contributed by atoms with Gasteiger partial charge in [0.25, 0.3) is 0 Å². The monoisotopic (exact) mass is 460 g/mol. The molecule has 170 valence electrons. The molecule has 8 nitrogen and oxygen atoms in total. The number of primary sulfonamides is 1. The van der Waals surface area contributed by atoms with Crippen LogP contribution in [-0.4, -0.2) is 64.3 Å². The van der Waals surface area contributed by atoms with Gasteiger partial charge in [-0.3, -0.25) is 9.59 Å². The van der Waals surface area contributed by atoms with Gasteiger partial charge in [-0.15, -0.1) is 0 Å². The normalized spacial score (nSPS) is 16.3. The van der Waals surface area contributed by atoms with Gasteiger partial charge >= 0.3 is 0 Å². The Morgan fingerprint density at radius 1 is 1.00 bits per heavy atom. The lowest BCUT2D eigenvalue weighted by molar-refractivity contribution is -0.130. The Balaban J connectivity index is 1.37. The van der Waals surface area contributed by atoms with Crippen molar-refractivity contribution in [2.75, 3.05) is 49.1 Å². The van der Waals surface area contributed by atoms with Gasteiger partial charge in [-0.25, -0.2) is 17.9 Å². The molecule has 2 aromatic rings. The molecule has 0 atom stereocenters. The number of rotatable bonds is 5. The van der Waals surface area contributed by atoms with E-state index in [2.05, 4.69) is 0 Å². The summed E-state index contributed by atoms with van der Waals surface area (Å²) in [5.74, 6) is -0.652. The van der Waals surface area contributed by atoms with Crippen molar-refractivity contribution in [1.29, 1.82) is 0 Å². The van der Waals surface area contributed by atoms with Gasteiger partial charge in [0.15, 0.2) is 5.78 Å². The van der Waals surface area contributed by atoms with Crippen LogP contribution in [0.1, 0.15) is 22.8 Å². The molecule has 2 aliphatic rings. The van der Waals surface area contributed by atoms with Crippen LogP contribution in [0.25, 0.3) is 0 Å². The summed E-state index contributed by atoms with van der Waals surface area (Å²) in [6.45, 7) is 4.16. The maximum Gasteiger partial charge on any atom is 0.242 e. The van der Waals surface area contributed by atoms with E-state index in [1.165, 1.54) is 19.1 Å². The highest BCUT2D eigenvalue weighted by Gasteiger charge is 2.27. The SMILES string of the molecule is CC(=O)c1ccc(N2CCN(C(=O)CN3CCc4cc(S(N)(=O)=O)ccc43)CC2)c(F)c1. The fraction of sp³-hybridized carbons (Fsp3) is 0.364. The molecule has 2 N–H and O–H groups in total. The molecule has 0 saturated carbocycles. The Bertz CT molecular complexity index is 1180. The molecule has 0 aromatic heterocycles. The lowest BCUT2D eigenvalue weighted by atomic mass is 10.1. The molecule has 0 spiro atoms. The fourth-order valence-corrected chi connectivity index (χ4v) is 4.79. The number of carbonyl (C=O) groups excluding carboxylic acids is 2. The Morgan fingerprint density at radius 2 is 1.69 bits per heavy atom. The first-order valence-corrected chi connectivity index (χ1v) is 11.9. The summed E-state index contributed by atoms with van der Waals surface area (Å²) in [5, 5.41) is 5.20. The molecular weight excluding hydrogens is 435 g/mol. The Morgan fingerprint density at radius 3 is 2.31 bits per heavy atom. The van der Waals surface area contributed by atoms with Crippen molar-refractivity contribution < 1.29 is 22.4 Å². The van der Waals surface area contributed by atoms with Crippen LogP contribution in [0, 0.1) is 5.82 Å². The zero-order chi connectivity index (χ0) is 23.0. The minimum absolute atomic E-state index is 0.0274. The maximum absolute atomic E-state index is 14.4. The lowest BCUT2D eigenvalue weighted by Crippen LogP contribution is -2.51. The molecule has 1 saturated heterocycles. The number of halogens is 1. The molecule has 2 aromatic carbocycles. The number of hydrogen-bond donors (Lipinski definition) is 1. The molecule has 32 heavy (non-hydrogen) atoms. The second-order valence-corrected chi connectivity index (χ2v) is 9.66. The van der Waals surface area contributed by atoms with Crippen LogP contribution in [0.2, 0.25) is 0 Å². The van der Waals surface area contributed by atoms with Crippen LogP contribution in [0.15, 0.2) is 41.3 Å². The van der Waals surface area contributed by atoms with Crippen molar-refractivity contribution in [2.24, 2.45) is 5.14 Å². The molecule has 2 heterocycles. The van der Waals surface area contributed by atoms with Gasteiger partial charge in [0.2, 0.25) is 15.9 Å². The number of Topliss-reactive ketones (excluding diaryl/α,β-unsaturated/α-hetero) is 1. The highest BCUT2D eigenvalue weighted by molar-refractivity contribution is 7.89. The first-order valence-electron chi connectivity index (χ1n) is 10.4. The molecular formula is C22H25FN4O4S. The standard InChI is InChI=1S/C22H25FN4O4S/c1-15(28)16-2-4-21(19(23)13-16)25-8-10-26(11-9-25)22(29)14-27-7-6-17-12-18(32(24,30)31)3-5-20(17)27/h2-5,12-13H,6-11,14H2,1H3,(H2,24,30,31). The molecule has 1 fully saturated rings. The van der Waals surface area contributed by atoms with E-state index in [-0.39, 0.29) is 23.1 Å². The summed E-state index contributed by atoms with van der Waals surface area (Å²) in [5.41, 5.74) is 2.47. The summed E-state index contributed by atoms with van der Waals surface area (Å²) in [6.07, 6.45) is 0.648. The average molecular weight is 461 g/mol. The third kappa shape index (κ3) is 4.46. The third-order valence-corrected chi connectivity index (χ3v) is 6.94. The maximum atomic E-state index is 14.4. The number of carbonyl (C=O) groups is 2. The van der Waals surface area contributed by atoms with E-state index in [1.807, 2.05) is 9.80 Å². The van der Waals surface area contributed by atoms with Gasteiger partial charge in [0.05, 0.1) is 17.1 Å². The zero-order valence-electron chi connectivity index (χ0n) is 17.8. The predicted molar refractivity (Wildman–Crippen MR) is 119 cm³/mol. The van der Waals surface area contributed by atoms with E-state index in [9.17, 15) is 22.4 Å². The van der Waals surface area contributed by atoms with Gasteiger partial charge in [-0.1, -0.05) is 0 Å². The molecule has 0 unspecified atom stereocenters. The van der Waals surface area contributed by atoms with Gasteiger partial charge in [-0.05, 0) is 55.3 Å². The van der Waals surface area contributed by atoms with Gasteiger partial charge < -0.3 is 14.7 Å². The lowest BCUT2D eigenvalue weighted by Gasteiger charge is -2.37. The van der Waals surface area contributed by atoms with Crippen molar-refractivity contribution in [1.82, 2.24) is 4.90 Å². The zero-order valence-corrected chi connectivity index (χ0v) is 18.6. The minimum atomic E-state index is -3.76. The number of anilines is 2. The van der Waals surface area contributed by atoms with E-state index in [1.54, 1.807) is 29.2 Å². The summed E-state index contributed by atoms with van der Waals surface area (Å²) in [7, 11) is -3.76. The molecule has 1 amide bonds. The van der Waals surface area contributed by atoms with Gasteiger partial charge in [-0.2, -0.15) is 0 Å². The van der Waals surface area contributed by atoms with Crippen LogP contribution >= 0.6 is 0 Å². The molecule has 0 radical (unpaired) electrons. The van der Waals surface area contributed by atoms with Crippen molar-refractivity contribution in [2.45, 2.75) is 18.2 Å². The first-order chi connectivity index (χ1) is 15.1. The number of hydrogen-bond acceptors (Lipinski definition) is 6. The number of nitrogens with two attached hydrogens (primary N) is 1. The van der Waals surface area contributed by atoms with E-state index >= 15 is 0 Å². The quantitative estimate of drug-likeness (QED) is 0.677. The van der Waals surface area contributed by atoms with Crippen molar-refractivity contribution >= 4 is 33.1 Å². The summed E-state index contributed by atoms with van der Waals surface area (Å²) in [6, 6.07) is 9.20. The van der Waals surface area contributed by atoms with Crippen molar-refractivity contribution in [3.05, 3.63) is 53.3 Å². The molecule has 0 aliphatic carbocycles. The molecule has 4 rings (SSSR count). The summed E-state index contributed by atoms with van der Waals surface area (Å²) < 4.78 is 37.5. The smallest absolute Gasteiger partial charge is 0.242 e. The minimum Gasteiger partial charge on any atom is -0.366 e. The van der Waals surface area contributed by atoms with E-state index in [4.69, 9.17) is 5.14 Å². The summed E-state index contributed by atoms with van der Waals surface area (Å²) in [4.78, 5) is 29.9. The second-order valence-electron chi connectivity index (χ2n) is 8.10. The van der Waals surface area contributed by atoms with Crippen LogP contribution in [0.3, 0.4) is 0 Å². The largest absolute Gasteiger partial charge is 0.366 e. The Labute approximate surface area is 186 Å². The van der Waals surface area contributed by atoms with Crippen LogP contribution in [0.4, 0.5) is 15.8 Å². The number of ketones is 1. The molecule has 2 aliphatic heterocycles. The predicted octanol–water partition coefficient (Wildman–Crippen LogP) is 1.39. The van der Waals surface area contributed by atoms with Gasteiger partial charge in [0.1, 0.15) is 5.82 Å². The number of piperazine rings is 1. The number of fused-ring (bicyclic) bond motifs is 1. The number of nitrogens with zero attached hydrogens (tertiary/aromatic N) is 3. The van der Waals surface area contributed by atoms with E-state index in [0.717, 1.165) is 11.3 Å². The molecule has 0 bridgehead atoms. The average Bonchev–Trinajstić information content (AvgIpc) is 3.15. The van der Waals surface area contributed by atoms with Crippen molar-refractivity contribution in [3.8, 4) is 0 Å². The Hall–Kier alpha value is -2.98. The third-order valence-electron chi connectivity index (χ3n) is 6.02.